The van der Waals surface area contributed by atoms with Gasteiger partial charge in [0.2, 0.25) is 0 Å². The summed E-state index contributed by atoms with van der Waals surface area (Å²) in [5.41, 5.74) is 2.20. The average molecular weight is 176 g/mol. The van der Waals surface area contributed by atoms with Gasteiger partial charge in [-0.15, -0.1) is 0 Å². The van der Waals surface area contributed by atoms with Crippen molar-refractivity contribution >= 4 is 0 Å². The highest BCUT2D eigenvalue weighted by atomic mass is 15.3. The summed E-state index contributed by atoms with van der Waals surface area (Å²) in [4.78, 5) is 0. The molecule has 0 aliphatic carbocycles. The average Bonchev–Trinajstić information content (AvgIpc) is 2.70. The molecule has 2 aromatic rings. The van der Waals surface area contributed by atoms with Gasteiger partial charge in [-0.1, -0.05) is 6.92 Å². The van der Waals surface area contributed by atoms with Crippen LogP contribution in [0.3, 0.4) is 0 Å². The molecule has 1 N–H and O–H groups in total. The third-order valence-corrected chi connectivity index (χ3v) is 1.92. The molecule has 0 aromatic carbocycles. The molecule has 2 heterocycles. The summed E-state index contributed by atoms with van der Waals surface area (Å²) in [5.74, 6) is 0. The van der Waals surface area contributed by atoms with E-state index < -0.39 is 0 Å². The van der Waals surface area contributed by atoms with Crippen LogP contribution in [0.2, 0.25) is 0 Å². The zero-order valence-electron chi connectivity index (χ0n) is 7.57. The van der Waals surface area contributed by atoms with Crippen molar-refractivity contribution in [3.05, 3.63) is 24.8 Å². The van der Waals surface area contributed by atoms with E-state index in [4.69, 9.17) is 0 Å². The van der Waals surface area contributed by atoms with Crippen molar-refractivity contribution < 1.29 is 0 Å². The fraction of sp³-hybridized carbons (Fsp3) is 0.333. The number of hydrogen-bond donors (Lipinski definition) is 1. The second-order valence-electron chi connectivity index (χ2n) is 2.98. The van der Waals surface area contributed by atoms with E-state index in [1.54, 1.807) is 6.20 Å². The fourth-order valence-electron chi connectivity index (χ4n) is 1.27. The van der Waals surface area contributed by atoms with Gasteiger partial charge in [0.05, 0.1) is 12.4 Å². The minimum atomic E-state index is 0.970. The summed E-state index contributed by atoms with van der Waals surface area (Å²) in [6.07, 6.45) is 8.67. The largest absolute Gasteiger partial charge is 0.285 e. The molecule has 0 bridgehead atoms. The summed E-state index contributed by atoms with van der Waals surface area (Å²) in [6, 6.07) is 0. The molecule has 2 aromatic heterocycles. The molecule has 0 aliphatic rings. The van der Waals surface area contributed by atoms with Gasteiger partial charge in [-0.05, 0) is 6.42 Å². The van der Waals surface area contributed by atoms with Crippen molar-refractivity contribution in [1.82, 2.24) is 20.0 Å². The first kappa shape index (κ1) is 8.04. The number of nitrogens with one attached hydrogen (secondary N) is 1. The van der Waals surface area contributed by atoms with Crippen LogP contribution in [0, 0.1) is 0 Å². The second-order valence-corrected chi connectivity index (χ2v) is 2.98. The molecule has 4 nitrogen and oxygen atoms in total. The van der Waals surface area contributed by atoms with Gasteiger partial charge >= 0.3 is 0 Å². The van der Waals surface area contributed by atoms with Gasteiger partial charge in [0.1, 0.15) is 0 Å². The Bertz CT molecular complexity index is 361. The summed E-state index contributed by atoms with van der Waals surface area (Å²) in [5, 5.41) is 10.9. The van der Waals surface area contributed by atoms with E-state index in [1.807, 2.05) is 23.3 Å². The lowest BCUT2D eigenvalue weighted by atomic mass is 10.2. The lowest BCUT2D eigenvalue weighted by molar-refractivity contribution is 0.603. The number of rotatable bonds is 3. The van der Waals surface area contributed by atoms with Crippen molar-refractivity contribution in [3.63, 3.8) is 0 Å². The van der Waals surface area contributed by atoms with Crippen molar-refractivity contribution in [3.8, 4) is 11.1 Å². The van der Waals surface area contributed by atoms with Gasteiger partial charge in [-0.25, -0.2) is 0 Å². The molecule has 4 heteroatoms. The number of nitrogens with zero attached hydrogens (tertiary/aromatic N) is 3. The molecule has 0 unspecified atom stereocenters. The zero-order valence-corrected chi connectivity index (χ0v) is 7.57. The Morgan fingerprint density at radius 1 is 1.38 bits per heavy atom. The summed E-state index contributed by atoms with van der Waals surface area (Å²) in [7, 11) is 0. The molecule has 13 heavy (non-hydrogen) atoms. The smallest absolute Gasteiger partial charge is 0.0569 e. The van der Waals surface area contributed by atoms with E-state index in [2.05, 4.69) is 22.2 Å². The molecule has 0 saturated carbocycles. The normalized spacial score (nSPS) is 10.5. The van der Waals surface area contributed by atoms with Crippen molar-refractivity contribution in [2.75, 3.05) is 0 Å². The molecule has 0 amide bonds. The van der Waals surface area contributed by atoms with E-state index >= 15 is 0 Å². The monoisotopic (exact) mass is 176 g/mol. The Morgan fingerprint density at radius 3 is 3.00 bits per heavy atom. The number of hydrogen-bond acceptors (Lipinski definition) is 2. The maximum absolute atomic E-state index is 4.24. The topological polar surface area (TPSA) is 46.5 Å². The molecule has 0 radical (unpaired) electrons. The van der Waals surface area contributed by atoms with Crippen LogP contribution in [0.15, 0.2) is 24.8 Å². The van der Waals surface area contributed by atoms with E-state index in [0.29, 0.717) is 0 Å². The third-order valence-electron chi connectivity index (χ3n) is 1.92. The third kappa shape index (κ3) is 1.61. The summed E-state index contributed by atoms with van der Waals surface area (Å²) < 4.78 is 1.95. The van der Waals surface area contributed by atoms with Crippen molar-refractivity contribution in [2.24, 2.45) is 0 Å². The molecule has 0 spiro atoms. The first-order valence-electron chi connectivity index (χ1n) is 4.41. The highest BCUT2D eigenvalue weighted by Crippen LogP contribution is 2.15. The van der Waals surface area contributed by atoms with Crippen LogP contribution >= 0.6 is 0 Å². The Kier molecular flexibility index (Phi) is 2.12. The summed E-state index contributed by atoms with van der Waals surface area (Å²) >= 11 is 0. The zero-order chi connectivity index (χ0) is 9.10. The number of aromatic nitrogens is 4. The maximum atomic E-state index is 4.24. The Labute approximate surface area is 76.6 Å². The minimum Gasteiger partial charge on any atom is -0.285 e. The molecule has 0 atom stereocenters. The Morgan fingerprint density at radius 2 is 2.31 bits per heavy atom. The number of aromatic amines is 1. The predicted molar refractivity (Wildman–Crippen MR) is 50.1 cm³/mol. The van der Waals surface area contributed by atoms with Crippen LogP contribution in [0.5, 0.6) is 0 Å². The molecular weight excluding hydrogens is 164 g/mol. The molecule has 0 saturated heterocycles. The quantitative estimate of drug-likeness (QED) is 0.773. The molecular formula is C9H12N4. The standard InChI is InChI=1S/C9H12N4/c1-2-3-13-7-9(6-12-13)8-4-10-11-5-8/h4-7H,2-3H2,1H3,(H,10,11). The van der Waals surface area contributed by atoms with Crippen LogP contribution in [0.1, 0.15) is 13.3 Å². The van der Waals surface area contributed by atoms with Gasteiger partial charge in [0.25, 0.3) is 0 Å². The van der Waals surface area contributed by atoms with Crippen LogP contribution in [-0.2, 0) is 6.54 Å². The van der Waals surface area contributed by atoms with E-state index in [0.717, 1.165) is 24.1 Å². The second kappa shape index (κ2) is 3.43. The predicted octanol–water partition coefficient (Wildman–Crippen LogP) is 1.68. The van der Waals surface area contributed by atoms with Crippen molar-refractivity contribution in [2.45, 2.75) is 19.9 Å². The number of aryl methyl sites for hydroxylation is 1. The van der Waals surface area contributed by atoms with E-state index in [-0.39, 0.29) is 0 Å². The van der Waals surface area contributed by atoms with Gasteiger partial charge in [-0.2, -0.15) is 10.2 Å². The summed E-state index contributed by atoms with van der Waals surface area (Å²) in [6.45, 7) is 3.11. The first-order valence-corrected chi connectivity index (χ1v) is 4.41. The molecule has 2 rings (SSSR count). The van der Waals surface area contributed by atoms with Crippen LogP contribution < -0.4 is 0 Å². The van der Waals surface area contributed by atoms with Gasteiger partial charge in [-0.3, -0.25) is 9.78 Å². The first-order chi connectivity index (χ1) is 6.40. The van der Waals surface area contributed by atoms with Gasteiger partial charge in [0.15, 0.2) is 0 Å². The van der Waals surface area contributed by atoms with Gasteiger partial charge < -0.3 is 0 Å². The van der Waals surface area contributed by atoms with Crippen LogP contribution in [-0.4, -0.2) is 20.0 Å². The van der Waals surface area contributed by atoms with Crippen LogP contribution in [0.4, 0.5) is 0 Å². The highest BCUT2D eigenvalue weighted by Gasteiger charge is 2.01. The lowest BCUT2D eigenvalue weighted by Gasteiger charge is -1.94. The van der Waals surface area contributed by atoms with Gasteiger partial charge in [0, 0.05) is 30.1 Å². The maximum Gasteiger partial charge on any atom is 0.0569 e. The highest BCUT2D eigenvalue weighted by molar-refractivity contribution is 5.59. The minimum absolute atomic E-state index is 0.970. The molecule has 0 aliphatic heterocycles. The van der Waals surface area contributed by atoms with E-state index in [9.17, 15) is 0 Å². The fourth-order valence-corrected chi connectivity index (χ4v) is 1.27. The van der Waals surface area contributed by atoms with E-state index in [1.165, 1.54) is 0 Å². The Balaban J connectivity index is 2.23. The lowest BCUT2D eigenvalue weighted by Crippen LogP contribution is -1.95. The SMILES string of the molecule is CCCn1cc(-c2cn[nH]c2)cn1. The molecule has 68 valence electrons. The Hall–Kier alpha value is -1.58. The van der Waals surface area contributed by atoms with Crippen LogP contribution in [0.25, 0.3) is 11.1 Å². The van der Waals surface area contributed by atoms with Crippen molar-refractivity contribution in [1.29, 1.82) is 0 Å². The molecule has 0 fully saturated rings. The number of H-pyrrole nitrogens is 1.